The highest BCUT2D eigenvalue weighted by atomic mass is 19.4. The zero-order valence-corrected chi connectivity index (χ0v) is 13.4. The zero-order chi connectivity index (χ0) is 17.4. The highest BCUT2D eigenvalue weighted by molar-refractivity contribution is 5.78. The number of benzene rings is 1. The zero-order valence-electron chi connectivity index (χ0n) is 13.4. The van der Waals surface area contributed by atoms with Gasteiger partial charge < -0.3 is 10.1 Å². The van der Waals surface area contributed by atoms with Crippen molar-refractivity contribution < 1.29 is 22.7 Å². The summed E-state index contributed by atoms with van der Waals surface area (Å²) in [5.74, 6) is 0.241. The van der Waals surface area contributed by atoms with Gasteiger partial charge in [0.15, 0.2) is 0 Å². The number of rotatable bonds is 7. The van der Waals surface area contributed by atoms with Crippen LogP contribution in [0.2, 0.25) is 0 Å². The van der Waals surface area contributed by atoms with Crippen molar-refractivity contribution >= 4 is 5.91 Å². The van der Waals surface area contributed by atoms with Crippen LogP contribution in [0.4, 0.5) is 13.2 Å². The molecule has 1 aromatic rings. The minimum Gasteiger partial charge on any atom is -0.492 e. The Labute approximate surface area is 139 Å². The maximum Gasteiger partial charge on any atom is 0.405 e. The lowest BCUT2D eigenvalue weighted by Crippen LogP contribution is -2.50. The van der Waals surface area contributed by atoms with E-state index in [-0.39, 0.29) is 6.54 Å². The number of carbonyl (C=O) groups excluding carboxylic acids is 1. The first-order valence-electron chi connectivity index (χ1n) is 7.88. The molecule has 1 saturated heterocycles. The number of piperazine rings is 1. The van der Waals surface area contributed by atoms with Gasteiger partial charge in [0.05, 0.1) is 6.54 Å². The number of halogens is 3. The second kappa shape index (κ2) is 8.89. The highest BCUT2D eigenvalue weighted by Crippen LogP contribution is 2.12. The van der Waals surface area contributed by atoms with Gasteiger partial charge in [0.1, 0.15) is 18.9 Å². The van der Waals surface area contributed by atoms with E-state index in [4.69, 9.17) is 4.74 Å². The Morgan fingerprint density at radius 2 is 1.71 bits per heavy atom. The summed E-state index contributed by atoms with van der Waals surface area (Å²) in [7, 11) is 0. The van der Waals surface area contributed by atoms with Crippen LogP contribution >= 0.6 is 0 Å². The van der Waals surface area contributed by atoms with Crippen LogP contribution in [0.1, 0.15) is 0 Å². The summed E-state index contributed by atoms with van der Waals surface area (Å²) in [6.45, 7) is 2.94. The quantitative estimate of drug-likeness (QED) is 0.811. The van der Waals surface area contributed by atoms with Crippen molar-refractivity contribution in [2.75, 3.05) is 52.4 Å². The van der Waals surface area contributed by atoms with E-state index in [9.17, 15) is 18.0 Å². The van der Waals surface area contributed by atoms with E-state index in [1.165, 1.54) is 0 Å². The molecule has 0 aromatic heterocycles. The molecule has 1 aromatic carbocycles. The third-order valence-electron chi connectivity index (χ3n) is 3.74. The Bertz CT molecular complexity index is 503. The van der Waals surface area contributed by atoms with Crippen LogP contribution in [-0.4, -0.2) is 74.3 Å². The minimum atomic E-state index is -4.37. The van der Waals surface area contributed by atoms with Crippen molar-refractivity contribution in [1.82, 2.24) is 15.1 Å². The van der Waals surface area contributed by atoms with E-state index in [0.29, 0.717) is 19.7 Å². The molecule has 1 aliphatic rings. The Morgan fingerprint density at radius 3 is 2.33 bits per heavy atom. The molecule has 2 rings (SSSR count). The third kappa shape index (κ3) is 7.18. The summed E-state index contributed by atoms with van der Waals surface area (Å²) in [5.41, 5.74) is 0. The van der Waals surface area contributed by atoms with E-state index in [1.807, 2.05) is 40.5 Å². The molecule has 134 valence electrons. The minimum absolute atomic E-state index is 0.00440. The fraction of sp³-hybridized carbons (Fsp3) is 0.562. The smallest absolute Gasteiger partial charge is 0.405 e. The van der Waals surface area contributed by atoms with Crippen LogP contribution in [0.3, 0.4) is 0 Å². The summed E-state index contributed by atoms with van der Waals surface area (Å²) < 4.78 is 41.8. The number of nitrogens with one attached hydrogen (secondary N) is 1. The third-order valence-corrected chi connectivity index (χ3v) is 3.74. The van der Waals surface area contributed by atoms with Crippen molar-refractivity contribution in [1.29, 1.82) is 0 Å². The van der Waals surface area contributed by atoms with Gasteiger partial charge in [0, 0.05) is 32.7 Å². The first kappa shape index (κ1) is 18.5. The summed E-state index contributed by atoms with van der Waals surface area (Å²) in [6, 6.07) is 9.56. The lowest BCUT2D eigenvalue weighted by Gasteiger charge is -2.34. The molecule has 0 saturated carbocycles. The number of hydrogen-bond acceptors (Lipinski definition) is 4. The highest BCUT2D eigenvalue weighted by Gasteiger charge is 2.28. The number of amides is 1. The molecule has 0 atom stereocenters. The normalized spacial score (nSPS) is 16.8. The number of nitrogens with zero attached hydrogens (tertiary/aromatic N) is 2. The number of para-hydroxylation sites is 1. The molecule has 1 fully saturated rings. The van der Waals surface area contributed by atoms with E-state index < -0.39 is 18.6 Å². The van der Waals surface area contributed by atoms with Crippen LogP contribution in [0, 0.1) is 0 Å². The molecule has 1 amide bonds. The van der Waals surface area contributed by atoms with Gasteiger partial charge in [-0.3, -0.25) is 14.6 Å². The van der Waals surface area contributed by atoms with Gasteiger partial charge >= 0.3 is 6.18 Å². The lowest BCUT2D eigenvalue weighted by atomic mass is 10.3. The maximum absolute atomic E-state index is 12.0. The molecule has 1 heterocycles. The molecule has 0 spiro atoms. The Morgan fingerprint density at radius 1 is 1.08 bits per heavy atom. The van der Waals surface area contributed by atoms with Crippen LogP contribution in [0.25, 0.3) is 0 Å². The Hall–Kier alpha value is -1.80. The van der Waals surface area contributed by atoms with E-state index in [1.54, 1.807) is 0 Å². The van der Waals surface area contributed by atoms with Crippen LogP contribution in [0.15, 0.2) is 30.3 Å². The van der Waals surface area contributed by atoms with Crippen LogP contribution < -0.4 is 10.1 Å². The molecule has 1 aliphatic heterocycles. The van der Waals surface area contributed by atoms with Crippen molar-refractivity contribution in [2.45, 2.75) is 6.18 Å². The van der Waals surface area contributed by atoms with Gasteiger partial charge in [-0.15, -0.1) is 0 Å². The Balaban J connectivity index is 1.58. The van der Waals surface area contributed by atoms with Gasteiger partial charge in [-0.1, -0.05) is 18.2 Å². The van der Waals surface area contributed by atoms with Crippen LogP contribution in [-0.2, 0) is 4.79 Å². The molecule has 0 aliphatic carbocycles. The molecule has 24 heavy (non-hydrogen) atoms. The standard InChI is InChI=1S/C16H22F3N3O2/c17-16(18,19)13-20-15(23)12-22-8-6-21(7-9-22)10-11-24-14-4-2-1-3-5-14/h1-5H,6-13H2,(H,20,23). The van der Waals surface area contributed by atoms with Crippen molar-refractivity contribution in [3.63, 3.8) is 0 Å². The van der Waals surface area contributed by atoms with Gasteiger partial charge in [-0.2, -0.15) is 13.2 Å². The first-order chi connectivity index (χ1) is 11.4. The predicted octanol–water partition coefficient (Wildman–Crippen LogP) is 1.36. The lowest BCUT2D eigenvalue weighted by molar-refractivity contribution is -0.139. The predicted molar refractivity (Wildman–Crippen MR) is 83.9 cm³/mol. The average Bonchev–Trinajstić information content (AvgIpc) is 2.55. The average molecular weight is 345 g/mol. The second-order valence-electron chi connectivity index (χ2n) is 5.67. The summed E-state index contributed by atoms with van der Waals surface area (Å²) in [5, 5.41) is 1.89. The van der Waals surface area contributed by atoms with Crippen molar-refractivity contribution in [2.24, 2.45) is 0 Å². The summed E-state index contributed by atoms with van der Waals surface area (Å²) in [6.07, 6.45) is -4.37. The SMILES string of the molecule is O=C(CN1CCN(CCOc2ccccc2)CC1)NCC(F)(F)F. The van der Waals surface area contributed by atoms with Crippen molar-refractivity contribution in [3.05, 3.63) is 30.3 Å². The second-order valence-corrected chi connectivity index (χ2v) is 5.67. The van der Waals surface area contributed by atoms with Gasteiger partial charge in [0.2, 0.25) is 5.91 Å². The van der Waals surface area contributed by atoms with Gasteiger partial charge in [0.25, 0.3) is 0 Å². The van der Waals surface area contributed by atoms with Gasteiger partial charge in [-0.25, -0.2) is 0 Å². The number of alkyl halides is 3. The number of carbonyl (C=O) groups is 1. The van der Waals surface area contributed by atoms with E-state index >= 15 is 0 Å². The fourth-order valence-corrected chi connectivity index (χ4v) is 2.44. The molecule has 0 unspecified atom stereocenters. The van der Waals surface area contributed by atoms with Crippen molar-refractivity contribution in [3.8, 4) is 5.75 Å². The fourth-order valence-electron chi connectivity index (χ4n) is 2.44. The molecular formula is C16H22F3N3O2. The monoisotopic (exact) mass is 345 g/mol. The summed E-state index contributed by atoms with van der Waals surface area (Å²) in [4.78, 5) is 15.6. The molecule has 8 heteroatoms. The van der Waals surface area contributed by atoms with Crippen LogP contribution in [0.5, 0.6) is 5.75 Å². The number of ether oxygens (including phenoxy) is 1. The molecule has 0 bridgehead atoms. The Kier molecular flexibility index (Phi) is 6.86. The number of hydrogen-bond donors (Lipinski definition) is 1. The molecule has 0 radical (unpaired) electrons. The van der Waals surface area contributed by atoms with E-state index in [2.05, 4.69) is 4.90 Å². The largest absolute Gasteiger partial charge is 0.492 e. The molecule has 1 N–H and O–H groups in total. The van der Waals surface area contributed by atoms with E-state index in [0.717, 1.165) is 25.4 Å². The molecular weight excluding hydrogens is 323 g/mol. The molecule has 5 nitrogen and oxygen atoms in total. The first-order valence-corrected chi connectivity index (χ1v) is 7.88. The topological polar surface area (TPSA) is 44.8 Å². The summed E-state index contributed by atoms with van der Waals surface area (Å²) >= 11 is 0. The maximum atomic E-state index is 12.0. The van der Waals surface area contributed by atoms with Gasteiger partial charge in [-0.05, 0) is 12.1 Å².